The van der Waals surface area contributed by atoms with E-state index in [2.05, 4.69) is 15.0 Å². The second-order valence-electron chi connectivity index (χ2n) is 4.17. The van der Waals surface area contributed by atoms with Gasteiger partial charge in [0.1, 0.15) is 6.34 Å². The molecule has 8 nitrogen and oxygen atoms in total. The summed E-state index contributed by atoms with van der Waals surface area (Å²) in [5, 5.41) is 12.1. The predicted octanol–water partition coefficient (Wildman–Crippen LogP) is -0.487. The van der Waals surface area contributed by atoms with E-state index in [-0.39, 0.29) is 12.3 Å². The van der Waals surface area contributed by atoms with Gasteiger partial charge in [0, 0.05) is 19.5 Å². The van der Waals surface area contributed by atoms with E-state index in [0.717, 1.165) is 0 Å². The van der Waals surface area contributed by atoms with E-state index in [4.69, 9.17) is 0 Å². The van der Waals surface area contributed by atoms with Crippen LogP contribution in [0, 0.1) is 0 Å². The van der Waals surface area contributed by atoms with Crippen LogP contribution in [0.25, 0.3) is 0 Å². The topological polar surface area (TPSA) is 102 Å². The van der Waals surface area contributed by atoms with Crippen LogP contribution in [0.15, 0.2) is 17.5 Å². The number of aliphatic carboxylic acids is 1. The molecule has 0 unspecified atom stereocenters. The van der Waals surface area contributed by atoms with E-state index in [9.17, 15) is 14.7 Å². The van der Waals surface area contributed by atoms with Crippen LogP contribution < -0.4 is 0 Å². The van der Waals surface area contributed by atoms with Crippen LogP contribution in [-0.2, 0) is 16.0 Å². The number of aliphatic imine (C=N–C) groups is 1. The Morgan fingerprint density at radius 2 is 2.42 bits per heavy atom. The van der Waals surface area contributed by atoms with Crippen LogP contribution in [0.3, 0.4) is 0 Å². The van der Waals surface area contributed by atoms with Gasteiger partial charge in [-0.3, -0.25) is 14.8 Å². The molecule has 2 heterocycles. The van der Waals surface area contributed by atoms with Crippen molar-refractivity contribution in [1.82, 2.24) is 20.0 Å². The summed E-state index contributed by atoms with van der Waals surface area (Å²) >= 11 is 0. The lowest BCUT2D eigenvalue weighted by atomic mass is 10.1. The zero-order valence-corrected chi connectivity index (χ0v) is 10.5. The minimum atomic E-state index is -1.07. The second-order valence-corrected chi connectivity index (χ2v) is 4.17. The summed E-state index contributed by atoms with van der Waals surface area (Å²) in [7, 11) is 0. The van der Waals surface area contributed by atoms with Crippen molar-refractivity contribution in [3.63, 3.8) is 0 Å². The number of carbonyl (C=O) groups excluding carboxylic acids is 1. The first kappa shape index (κ1) is 13.1. The molecule has 2 rings (SSSR count). The smallest absolute Gasteiger partial charge is 0.328 e. The van der Waals surface area contributed by atoms with Gasteiger partial charge in [-0.05, 0) is 0 Å². The van der Waals surface area contributed by atoms with Gasteiger partial charge in [0.15, 0.2) is 6.04 Å². The van der Waals surface area contributed by atoms with Crippen LogP contribution in [0.1, 0.15) is 12.6 Å². The molecule has 0 aliphatic carbocycles. The Bertz CT molecular complexity index is 485. The molecular formula is C11H15N5O3. The molecule has 0 saturated heterocycles. The molecule has 0 radical (unpaired) electrons. The van der Waals surface area contributed by atoms with Crippen molar-refractivity contribution in [1.29, 1.82) is 0 Å². The fourth-order valence-electron chi connectivity index (χ4n) is 1.99. The maximum absolute atomic E-state index is 11.7. The number of H-pyrrole nitrogens is 1. The zero-order valence-electron chi connectivity index (χ0n) is 10.5. The Morgan fingerprint density at radius 3 is 2.89 bits per heavy atom. The number of hydrogen-bond donors (Lipinski definition) is 2. The zero-order chi connectivity index (χ0) is 13.8. The van der Waals surface area contributed by atoms with Crippen molar-refractivity contribution in [2.45, 2.75) is 19.4 Å². The normalized spacial score (nSPS) is 15.5. The van der Waals surface area contributed by atoms with Gasteiger partial charge in [0.2, 0.25) is 5.91 Å². The van der Waals surface area contributed by atoms with Crippen LogP contribution in [-0.4, -0.2) is 62.4 Å². The van der Waals surface area contributed by atoms with Gasteiger partial charge in [-0.1, -0.05) is 0 Å². The number of carboxylic acids is 1. The van der Waals surface area contributed by atoms with E-state index in [0.29, 0.717) is 18.8 Å². The molecule has 1 aliphatic rings. The largest absolute Gasteiger partial charge is 0.480 e. The highest BCUT2D eigenvalue weighted by Gasteiger charge is 2.33. The van der Waals surface area contributed by atoms with Crippen molar-refractivity contribution < 1.29 is 14.7 Å². The highest BCUT2D eigenvalue weighted by Crippen LogP contribution is 2.12. The van der Waals surface area contributed by atoms with Crippen molar-refractivity contribution in [2.75, 3.05) is 13.1 Å². The highest BCUT2D eigenvalue weighted by molar-refractivity contribution is 5.83. The Balaban J connectivity index is 2.21. The first-order chi connectivity index (χ1) is 9.09. The molecule has 0 fully saturated rings. The number of aromatic nitrogens is 2. The Kier molecular flexibility index (Phi) is 3.79. The number of hydrazine groups is 1. The van der Waals surface area contributed by atoms with E-state index in [1.807, 2.05) is 0 Å². The minimum absolute atomic E-state index is 0.142. The van der Waals surface area contributed by atoms with Crippen molar-refractivity contribution in [2.24, 2.45) is 4.99 Å². The molecule has 1 atom stereocenters. The summed E-state index contributed by atoms with van der Waals surface area (Å²) < 4.78 is 0. The number of aromatic amines is 1. The van der Waals surface area contributed by atoms with Gasteiger partial charge >= 0.3 is 5.97 Å². The Labute approximate surface area is 109 Å². The first-order valence-electron chi connectivity index (χ1n) is 5.86. The van der Waals surface area contributed by atoms with Crippen LogP contribution in [0.5, 0.6) is 0 Å². The molecule has 0 aromatic carbocycles. The van der Waals surface area contributed by atoms with Crippen LogP contribution in [0.4, 0.5) is 0 Å². The highest BCUT2D eigenvalue weighted by atomic mass is 16.4. The van der Waals surface area contributed by atoms with E-state index < -0.39 is 12.0 Å². The number of carboxylic acid groups (broad SMARTS) is 1. The molecule has 19 heavy (non-hydrogen) atoms. The molecule has 0 spiro atoms. The van der Waals surface area contributed by atoms with E-state index in [1.165, 1.54) is 29.6 Å². The number of imidazole rings is 1. The van der Waals surface area contributed by atoms with Gasteiger partial charge < -0.3 is 10.1 Å². The van der Waals surface area contributed by atoms with Crippen molar-refractivity contribution in [3.05, 3.63) is 18.2 Å². The maximum atomic E-state index is 11.7. The third kappa shape index (κ3) is 2.90. The molecule has 1 aromatic heterocycles. The summed E-state index contributed by atoms with van der Waals surface area (Å²) in [5.74, 6) is -1.41. The quantitative estimate of drug-likeness (QED) is 0.748. The fraction of sp³-hybridized carbons (Fsp3) is 0.455. The van der Waals surface area contributed by atoms with Gasteiger partial charge in [-0.25, -0.2) is 14.8 Å². The van der Waals surface area contributed by atoms with Gasteiger partial charge in [-0.15, -0.1) is 0 Å². The molecule has 1 aliphatic heterocycles. The lowest BCUT2D eigenvalue weighted by Gasteiger charge is -2.34. The van der Waals surface area contributed by atoms with Crippen molar-refractivity contribution in [3.8, 4) is 0 Å². The third-order valence-corrected chi connectivity index (χ3v) is 2.81. The second kappa shape index (κ2) is 5.51. The summed E-state index contributed by atoms with van der Waals surface area (Å²) in [6.07, 6.45) is 4.72. The molecule has 0 bridgehead atoms. The summed E-state index contributed by atoms with van der Waals surface area (Å²) in [6.45, 7) is 2.40. The van der Waals surface area contributed by atoms with Crippen LogP contribution in [0.2, 0.25) is 0 Å². The lowest BCUT2D eigenvalue weighted by molar-refractivity contribution is -0.159. The summed E-state index contributed by atoms with van der Waals surface area (Å²) in [5.41, 5.74) is 0.592. The fourth-order valence-corrected chi connectivity index (χ4v) is 1.99. The van der Waals surface area contributed by atoms with Crippen molar-refractivity contribution >= 4 is 18.2 Å². The monoisotopic (exact) mass is 265 g/mol. The van der Waals surface area contributed by atoms with E-state index in [1.54, 1.807) is 6.20 Å². The number of carbonyl (C=O) groups is 2. The maximum Gasteiger partial charge on any atom is 0.328 e. The number of nitrogens with one attached hydrogen (secondary N) is 1. The van der Waals surface area contributed by atoms with Gasteiger partial charge in [-0.2, -0.15) is 0 Å². The summed E-state index contributed by atoms with van der Waals surface area (Å²) in [6, 6.07) is -0.995. The molecule has 0 saturated carbocycles. The average Bonchev–Trinajstić information content (AvgIpc) is 2.99. The molecular weight excluding hydrogens is 250 g/mol. The third-order valence-electron chi connectivity index (χ3n) is 2.81. The molecule has 1 aromatic rings. The number of amides is 1. The number of nitrogens with zero attached hydrogens (tertiary/aromatic N) is 4. The number of rotatable bonds is 5. The lowest BCUT2D eigenvalue weighted by Crippen LogP contribution is -2.54. The molecule has 102 valence electrons. The predicted molar refractivity (Wildman–Crippen MR) is 66.3 cm³/mol. The Hall–Kier alpha value is -2.38. The minimum Gasteiger partial charge on any atom is -0.480 e. The first-order valence-corrected chi connectivity index (χ1v) is 5.86. The average molecular weight is 265 g/mol. The summed E-state index contributed by atoms with van der Waals surface area (Å²) in [4.78, 5) is 33.9. The standard InChI is InChI=1S/C11H15N5O3/c1-8(17)16(15-3-2-12-7-15)10(11(18)19)4-9-5-13-6-14-9/h5-7,10H,2-4H2,1H3,(H,13,14)(H,18,19)/t10-/m0/s1. The number of hydrogen-bond acceptors (Lipinski definition) is 5. The molecule has 8 heteroatoms. The van der Waals surface area contributed by atoms with Crippen LogP contribution >= 0.6 is 0 Å². The molecule has 2 N–H and O–H groups in total. The van der Waals surface area contributed by atoms with Gasteiger partial charge in [0.05, 0.1) is 25.1 Å². The van der Waals surface area contributed by atoms with E-state index >= 15 is 0 Å². The Morgan fingerprint density at radius 1 is 1.63 bits per heavy atom. The molecule has 1 amide bonds. The SMILES string of the molecule is CC(=O)N([C@@H](Cc1c[nH]cn1)C(=O)O)N1C=NCC1. The van der Waals surface area contributed by atoms with Gasteiger partial charge in [0.25, 0.3) is 0 Å².